The van der Waals surface area contributed by atoms with Gasteiger partial charge in [0, 0.05) is 7.11 Å². The number of hydrogen-bond acceptors (Lipinski definition) is 5. The van der Waals surface area contributed by atoms with E-state index < -0.39 is 20.9 Å². The first-order valence-electron chi connectivity index (χ1n) is 4.75. The smallest absolute Gasteiger partial charge is 0.418 e. The van der Waals surface area contributed by atoms with E-state index in [9.17, 15) is 13.2 Å². The molecular formula is C8H15NO6S. The largest absolute Gasteiger partial charge is 0.464 e. The highest BCUT2D eigenvalue weighted by Crippen LogP contribution is 2.43. The van der Waals surface area contributed by atoms with Gasteiger partial charge in [-0.3, -0.25) is 0 Å². The predicted molar refractivity (Wildman–Crippen MR) is 54.7 cm³/mol. The van der Waals surface area contributed by atoms with Crippen LogP contribution in [0.2, 0.25) is 0 Å². The van der Waals surface area contributed by atoms with Crippen molar-refractivity contribution in [3.8, 4) is 0 Å². The first kappa shape index (κ1) is 13.2. The van der Waals surface area contributed by atoms with Crippen molar-refractivity contribution in [2.45, 2.75) is 17.6 Å². The monoisotopic (exact) mass is 253 g/mol. The lowest BCUT2D eigenvalue weighted by Crippen LogP contribution is -2.41. The molecule has 0 spiro atoms. The lowest BCUT2D eigenvalue weighted by Gasteiger charge is -2.15. The van der Waals surface area contributed by atoms with Crippen LogP contribution in [-0.4, -0.2) is 51.3 Å². The molecule has 1 aliphatic rings. The molecule has 0 heterocycles. The lowest BCUT2D eigenvalue weighted by molar-refractivity contribution is 0.0681. The molecule has 1 aliphatic carbocycles. The molecule has 0 aromatic rings. The quantitative estimate of drug-likeness (QED) is 0.608. The van der Waals surface area contributed by atoms with E-state index in [-0.39, 0.29) is 6.61 Å². The van der Waals surface area contributed by atoms with Crippen LogP contribution in [0.4, 0.5) is 4.79 Å². The fourth-order valence-corrected chi connectivity index (χ4v) is 2.58. The maximum atomic E-state index is 11.6. The highest BCUT2D eigenvalue weighted by molar-refractivity contribution is 7.91. The van der Waals surface area contributed by atoms with Crippen molar-refractivity contribution in [3.63, 3.8) is 0 Å². The fraction of sp³-hybridized carbons (Fsp3) is 0.875. The minimum absolute atomic E-state index is 0.00102. The molecule has 8 heteroatoms. The molecule has 0 aromatic heterocycles. The Morgan fingerprint density at radius 2 is 2.06 bits per heavy atom. The number of ether oxygens (including phenoxy) is 2. The van der Waals surface area contributed by atoms with E-state index in [0.717, 1.165) is 0 Å². The van der Waals surface area contributed by atoms with E-state index in [0.29, 0.717) is 26.1 Å². The van der Waals surface area contributed by atoms with Gasteiger partial charge in [0.05, 0.1) is 19.8 Å². The molecule has 16 heavy (non-hydrogen) atoms. The third-order valence-corrected chi connectivity index (χ3v) is 4.51. The molecule has 1 saturated carbocycles. The second-order valence-corrected chi connectivity index (χ2v) is 5.72. The van der Waals surface area contributed by atoms with Crippen LogP contribution < -0.4 is 4.72 Å². The minimum atomic E-state index is -3.85. The molecule has 7 nitrogen and oxygen atoms in total. The Labute approximate surface area is 93.8 Å². The van der Waals surface area contributed by atoms with Crippen LogP contribution in [0.15, 0.2) is 0 Å². The first-order valence-corrected chi connectivity index (χ1v) is 6.24. The summed E-state index contributed by atoms with van der Waals surface area (Å²) in [7, 11) is -2.34. The summed E-state index contributed by atoms with van der Waals surface area (Å²) in [5, 5.41) is 8.40. The van der Waals surface area contributed by atoms with Gasteiger partial charge in [-0.15, -0.1) is 0 Å². The maximum absolute atomic E-state index is 11.6. The zero-order valence-corrected chi connectivity index (χ0v) is 9.75. The van der Waals surface area contributed by atoms with Gasteiger partial charge < -0.3 is 14.6 Å². The van der Waals surface area contributed by atoms with Gasteiger partial charge in [-0.05, 0) is 12.8 Å². The fourth-order valence-electron chi connectivity index (χ4n) is 1.25. The number of amides is 1. The zero-order valence-electron chi connectivity index (χ0n) is 8.93. The van der Waals surface area contributed by atoms with E-state index in [1.807, 2.05) is 0 Å². The predicted octanol–water partition coefficient (Wildman–Crippen LogP) is -0.221. The van der Waals surface area contributed by atoms with Gasteiger partial charge in [0.1, 0.15) is 4.75 Å². The molecule has 0 unspecified atom stereocenters. The highest BCUT2D eigenvalue weighted by Gasteiger charge is 2.55. The van der Waals surface area contributed by atoms with Crippen LogP contribution in [0.5, 0.6) is 0 Å². The topological polar surface area (TPSA) is 102 Å². The molecule has 0 radical (unpaired) electrons. The summed E-state index contributed by atoms with van der Waals surface area (Å²) >= 11 is 0. The normalized spacial score (nSPS) is 18.1. The maximum Gasteiger partial charge on any atom is 0.418 e. The van der Waals surface area contributed by atoms with Crippen LogP contribution in [-0.2, 0) is 19.5 Å². The summed E-state index contributed by atoms with van der Waals surface area (Å²) in [6.07, 6.45) is -0.728. The number of carboxylic acid groups (broad SMARTS) is 1. The second kappa shape index (κ2) is 4.98. The van der Waals surface area contributed by atoms with Crippen molar-refractivity contribution in [2.75, 3.05) is 26.9 Å². The van der Waals surface area contributed by atoms with E-state index in [4.69, 9.17) is 14.6 Å². The van der Waals surface area contributed by atoms with Crippen molar-refractivity contribution >= 4 is 16.1 Å². The van der Waals surface area contributed by atoms with Crippen molar-refractivity contribution in [2.24, 2.45) is 0 Å². The Hall–Kier alpha value is -0.860. The van der Waals surface area contributed by atoms with Crippen molar-refractivity contribution in [1.82, 2.24) is 4.72 Å². The molecule has 2 N–H and O–H groups in total. The van der Waals surface area contributed by atoms with E-state index in [2.05, 4.69) is 0 Å². The Bertz CT molecular complexity index is 348. The number of carbonyl (C=O) groups is 1. The number of hydrogen-bond donors (Lipinski definition) is 2. The summed E-state index contributed by atoms with van der Waals surface area (Å²) in [5.41, 5.74) is 0. The third kappa shape index (κ3) is 3.06. The third-order valence-electron chi connectivity index (χ3n) is 2.40. The molecule has 1 fully saturated rings. The molecule has 0 aromatic carbocycles. The van der Waals surface area contributed by atoms with Crippen molar-refractivity contribution in [3.05, 3.63) is 0 Å². The molecule has 0 aliphatic heterocycles. The van der Waals surface area contributed by atoms with Crippen LogP contribution >= 0.6 is 0 Å². The van der Waals surface area contributed by atoms with Crippen molar-refractivity contribution < 1.29 is 27.8 Å². The Morgan fingerprint density at radius 3 is 2.50 bits per heavy atom. The Balaban J connectivity index is 2.48. The van der Waals surface area contributed by atoms with Crippen LogP contribution in [0.1, 0.15) is 12.8 Å². The summed E-state index contributed by atoms with van der Waals surface area (Å²) in [6.45, 7) is 0.669. The van der Waals surface area contributed by atoms with Crippen LogP contribution in [0.25, 0.3) is 0 Å². The molecule has 0 atom stereocenters. The van der Waals surface area contributed by atoms with E-state index >= 15 is 0 Å². The first-order chi connectivity index (χ1) is 7.43. The van der Waals surface area contributed by atoms with Crippen molar-refractivity contribution in [1.29, 1.82) is 0 Å². The van der Waals surface area contributed by atoms with Gasteiger partial charge in [-0.25, -0.2) is 17.9 Å². The standard InChI is InChI=1S/C8H15NO6S/c1-14-4-5-15-6-8(2-3-8)16(12,13)9-7(10)11/h9H,2-6H2,1H3,(H,10,11). The number of methoxy groups -OCH3 is 1. The Kier molecular flexibility index (Phi) is 4.11. The van der Waals surface area contributed by atoms with Gasteiger partial charge >= 0.3 is 6.09 Å². The van der Waals surface area contributed by atoms with Gasteiger partial charge in [0.2, 0.25) is 10.0 Å². The molecule has 1 amide bonds. The summed E-state index contributed by atoms with van der Waals surface area (Å²) in [4.78, 5) is 10.3. The van der Waals surface area contributed by atoms with Crippen LogP contribution in [0, 0.1) is 0 Å². The number of nitrogens with one attached hydrogen (secondary N) is 1. The molecule has 94 valence electrons. The lowest BCUT2D eigenvalue weighted by atomic mass is 10.4. The second-order valence-electron chi connectivity index (χ2n) is 3.64. The molecule has 1 rings (SSSR count). The molecule has 0 bridgehead atoms. The highest BCUT2D eigenvalue weighted by atomic mass is 32.2. The number of sulfonamides is 1. The number of rotatable bonds is 7. The van der Waals surface area contributed by atoms with E-state index in [1.54, 1.807) is 4.72 Å². The minimum Gasteiger partial charge on any atom is -0.464 e. The summed E-state index contributed by atoms with van der Waals surface area (Å²) < 4.78 is 33.5. The van der Waals surface area contributed by atoms with Gasteiger partial charge in [0.15, 0.2) is 0 Å². The molecular weight excluding hydrogens is 238 g/mol. The SMILES string of the molecule is COCCOCC1(S(=O)(=O)NC(=O)O)CC1. The molecule has 0 saturated heterocycles. The Morgan fingerprint density at radius 1 is 1.44 bits per heavy atom. The summed E-state index contributed by atoms with van der Waals surface area (Å²) in [5.74, 6) is 0. The van der Waals surface area contributed by atoms with Crippen LogP contribution in [0.3, 0.4) is 0 Å². The van der Waals surface area contributed by atoms with Gasteiger partial charge in [-0.1, -0.05) is 0 Å². The van der Waals surface area contributed by atoms with Gasteiger partial charge in [-0.2, -0.15) is 0 Å². The summed E-state index contributed by atoms with van der Waals surface area (Å²) in [6, 6.07) is 0. The average molecular weight is 253 g/mol. The average Bonchev–Trinajstić information content (AvgIpc) is 2.91. The van der Waals surface area contributed by atoms with E-state index in [1.165, 1.54) is 7.11 Å². The van der Waals surface area contributed by atoms with Gasteiger partial charge in [0.25, 0.3) is 0 Å². The zero-order chi connectivity index (χ0) is 12.2.